The predicted octanol–water partition coefficient (Wildman–Crippen LogP) is 3.88. The molecule has 156 valence electrons. The zero-order valence-corrected chi connectivity index (χ0v) is 17.4. The molecule has 0 saturated heterocycles. The van der Waals surface area contributed by atoms with Crippen LogP contribution in [0.15, 0.2) is 48.5 Å². The molecule has 2 aromatic rings. The Balaban J connectivity index is 1.75. The minimum atomic E-state index is -0.321. The van der Waals surface area contributed by atoms with Crippen molar-refractivity contribution in [1.82, 2.24) is 4.90 Å². The molecule has 0 aliphatic carbocycles. The number of hydrogen-bond acceptors (Lipinski definition) is 6. The molecule has 0 atom stereocenters. The van der Waals surface area contributed by atoms with Crippen LogP contribution in [0.3, 0.4) is 0 Å². The van der Waals surface area contributed by atoms with Crippen molar-refractivity contribution in [3.05, 3.63) is 59.7 Å². The van der Waals surface area contributed by atoms with Crippen LogP contribution in [-0.4, -0.2) is 56.5 Å². The summed E-state index contributed by atoms with van der Waals surface area (Å²) in [6.45, 7) is 7.68. The van der Waals surface area contributed by atoms with E-state index in [1.54, 1.807) is 43.5 Å². The molecule has 0 aromatic heterocycles. The van der Waals surface area contributed by atoms with E-state index in [9.17, 15) is 9.59 Å². The first-order valence-electron chi connectivity index (χ1n) is 9.98. The third-order valence-corrected chi connectivity index (χ3v) is 4.75. The third-order valence-electron chi connectivity index (χ3n) is 4.75. The van der Waals surface area contributed by atoms with Gasteiger partial charge in [0.15, 0.2) is 5.78 Å². The SMILES string of the molecule is CCN(CC)CCOC(=O)c1ccc(NCCC(=O)c2ccc(OC)cc2)cc1. The molecular formula is C23H30N2O4. The average molecular weight is 399 g/mol. The van der Waals surface area contributed by atoms with Crippen LogP contribution in [-0.2, 0) is 4.74 Å². The highest BCUT2D eigenvalue weighted by Crippen LogP contribution is 2.14. The first-order valence-corrected chi connectivity index (χ1v) is 9.98. The molecule has 1 N–H and O–H groups in total. The van der Waals surface area contributed by atoms with Crippen molar-refractivity contribution in [3.8, 4) is 5.75 Å². The minimum Gasteiger partial charge on any atom is -0.497 e. The maximum absolute atomic E-state index is 12.2. The van der Waals surface area contributed by atoms with E-state index in [-0.39, 0.29) is 11.8 Å². The summed E-state index contributed by atoms with van der Waals surface area (Å²) in [7, 11) is 1.60. The van der Waals surface area contributed by atoms with Gasteiger partial charge in [0.05, 0.1) is 12.7 Å². The molecule has 0 spiro atoms. The Hall–Kier alpha value is -2.86. The number of rotatable bonds is 12. The molecule has 0 aliphatic rings. The van der Waals surface area contributed by atoms with Gasteiger partial charge < -0.3 is 19.7 Å². The number of nitrogens with zero attached hydrogens (tertiary/aromatic N) is 1. The van der Waals surface area contributed by atoms with Crippen LogP contribution in [0.2, 0.25) is 0 Å². The van der Waals surface area contributed by atoms with Crippen molar-refractivity contribution >= 4 is 17.4 Å². The van der Waals surface area contributed by atoms with Crippen LogP contribution in [0.1, 0.15) is 41.0 Å². The van der Waals surface area contributed by atoms with Crippen LogP contribution in [0.4, 0.5) is 5.69 Å². The fourth-order valence-electron chi connectivity index (χ4n) is 2.86. The van der Waals surface area contributed by atoms with Gasteiger partial charge in [0.1, 0.15) is 12.4 Å². The summed E-state index contributed by atoms with van der Waals surface area (Å²) < 4.78 is 10.4. The van der Waals surface area contributed by atoms with Crippen LogP contribution in [0, 0.1) is 0 Å². The van der Waals surface area contributed by atoms with E-state index in [1.165, 1.54) is 0 Å². The Morgan fingerprint density at radius 3 is 2.14 bits per heavy atom. The standard InChI is InChI=1S/C23H30N2O4/c1-4-25(5-2)16-17-29-23(27)19-6-10-20(11-7-19)24-15-14-22(26)18-8-12-21(28-3)13-9-18/h6-13,24H,4-5,14-17H2,1-3H3. The van der Waals surface area contributed by atoms with E-state index >= 15 is 0 Å². The van der Waals surface area contributed by atoms with Gasteiger partial charge in [-0.25, -0.2) is 4.79 Å². The molecule has 0 bridgehead atoms. The maximum atomic E-state index is 12.2. The van der Waals surface area contributed by atoms with Crippen LogP contribution < -0.4 is 10.1 Å². The van der Waals surface area contributed by atoms with E-state index in [1.807, 2.05) is 12.1 Å². The summed E-state index contributed by atoms with van der Waals surface area (Å²) in [6.07, 6.45) is 0.376. The van der Waals surface area contributed by atoms with Crippen molar-refractivity contribution in [2.75, 3.05) is 45.2 Å². The molecule has 2 aromatic carbocycles. The van der Waals surface area contributed by atoms with Gasteiger partial charge in [-0.05, 0) is 61.6 Å². The van der Waals surface area contributed by atoms with Crippen molar-refractivity contribution in [2.24, 2.45) is 0 Å². The molecule has 0 fully saturated rings. The maximum Gasteiger partial charge on any atom is 0.338 e. The molecule has 6 nitrogen and oxygen atoms in total. The molecule has 0 radical (unpaired) electrons. The Bertz CT molecular complexity index is 768. The lowest BCUT2D eigenvalue weighted by atomic mass is 10.1. The third kappa shape index (κ3) is 7.23. The van der Waals surface area contributed by atoms with Crippen molar-refractivity contribution in [3.63, 3.8) is 0 Å². The highest BCUT2D eigenvalue weighted by molar-refractivity contribution is 5.96. The summed E-state index contributed by atoms with van der Waals surface area (Å²) >= 11 is 0. The number of anilines is 1. The zero-order valence-electron chi connectivity index (χ0n) is 17.4. The van der Waals surface area contributed by atoms with Gasteiger partial charge in [-0.3, -0.25) is 4.79 Å². The number of carbonyl (C=O) groups is 2. The number of methoxy groups -OCH3 is 1. The second-order valence-corrected chi connectivity index (χ2v) is 6.57. The fraction of sp³-hybridized carbons (Fsp3) is 0.391. The lowest BCUT2D eigenvalue weighted by Crippen LogP contribution is -2.27. The second-order valence-electron chi connectivity index (χ2n) is 6.57. The first kappa shape index (κ1) is 22.4. The Kier molecular flexibility index (Phi) is 9.18. The number of Topliss-reactive ketones (excluding diaryl/α,β-unsaturated/α-hetero) is 1. The van der Waals surface area contributed by atoms with Crippen molar-refractivity contribution < 1.29 is 19.1 Å². The highest BCUT2D eigenvalue weighted by atomic mass is 16.5. The van der Waals surface area contributed by atoms with E-state index in [4.69, 9.17) is 9.47 Å². The summed E-state index contributed by atoms with van der Waals surface area (Å²) in [5, 5.41) is 3.20. The molecule has 29 heavy (non-hydrogen) atoms. The van der Waals surface area contributed by atoms with E-state index in [0.29, 0.717) is 30.7 Å². The monoisotopic (exact) mass is 398 g/mol. The topological polar surface area (TPSA) is 67.9 Å². The molecule has 2 rings (SSSR count). The largest absolute Gasteiger partial charge is 0.497 e. The lowest BCUT2D eigenvalue weighted by Gasteiger charge is -2.17. The molecule has 0 aliphatic heterocycles. The average Bonchev–Trinajstić information content (AvgIpc) is 2.77. The van der Waals surface area contributed by atoms with Crippen molar-refractivity contribution in [1.29, 1.82) is 0 Å². The Morgan fingerprint density at radius 2 is 1.55 bits per heavy atom. The first-order chi connectivity index (χ1) is 14.1. The number of nitrogens with one attached hydrogen (secondary N) is 1. The Labute approximate surface area is 172 Å². The van der Waals surface area contributed by atoms with Gasteiger partial charge in [-0.2, -0.15) is 0 Å². The number of esters is 1. The van der Waals surface area contributed by atoms with Gasteiger partial charge in [-0.1, -0.05) is 13.8 Å². The number of ether oxygens (including phenoxy) is 2. The zero-order chi connectivity index (χ0) is 21.1. The predicted molar refractivity (Wildman–Crippen MR) is 115 cm³/mol. The number of carbonyl (C=O) groups excluding carboxylic acids is 2. The normalized spacial score (nSPS) is 10.6. The van der Waals surface area contributed by atoms with Gasteiger partial charge in [0.25, 0.3) is 0 Å². The number of benzene rings is 2. The molecule has 0 amide bonds. The Morgan fingerprint density at radius 1 is 0.931 bits per heavy atom. The number of hydrogen-bond donors (Lipinski definition) is 1. The van der Waals surface area contributed by atoms with Gasteiger partial charge in [-0.15, -0.1) is 0 Å². The highest BCUT2D eigenvalue weighted by Gasteiger charge is 2.09. The summed E-state index contributed by atoms with van der Waals surface area (Å²) in [5.74, 6) is 0.471. The molecule has 0 saturated carbocycles. The van der Waals surface area contributed by atoms with Crippen LogP contribution >= 0.6 is 0 Å². The fourth-order valence-corrected chi connectivity index (χ4v) is 2.86. The van der Waals surface area contributed by atoms with Gasteiger partial charge in [0.2, 0.25) is 0 Å². The van der Waals surface area contributed by atoms with E-state index in [2.05, 4.69) is 24.1 Å². The number of ketones is 1. The van der Waals surface area contributed by atoms with E-state index < -0.39 is 0 Å². The molecular weight excluding hydrogens is 368 g/mol. The second kappa shape index (κ2) is 11.9. The summed E-state index contributed by atoms with van der Waals surface area (Å²) in [4.78, 5) is 26.5. The minimum absolute atomic E-state index is 0.0635. The van der Waals surface area contributed by atoms with Crippen molar-refractivity contribution in [2.45, 2.75) is 20.3 Å². The van der Waals surface area contributed by atoms with Crippen LogP contribution in [0.5, 0.6) is 5.75 Å². The summed E-state index contributed by atoms with van der Waals surface area (Å²) in [5.41, 5.74) is 2.03. The van der Waals surface area contributed by atoms with Gasteiger partial charge >= 0.3 is 5.97 Å². The van der Waals surface area contributed by atoms with Crippen LogP contribution in [0.25, 0.3) is 0 Å². The molecule has 0 heterocycles. The molecule has 6 heteroatoms. The number of likely N-dealkylation sites (N-methyl/N-ethyl adjacent to an activating group) is 1. The lowest BCUT2D eigenvalue weighted by molar-refractivity contribution is 0.0466. The quantitative estimate of drug-likeness (QED) is 0.432. The smallest absolute Gasteiger partial charge is 0.338 e. The van der Waals surface area contributed by atoms with Gasteiger partial charge in [0, 0.05) is 30.8 Å². The molecule has 0 unspecified atom stereocenters. The summed E-state index contributed by atoms with van der Waals surface area (Å²) in [6, 6.07) is 14.2. The van der Waals surface area contributed by atoms with E-state index in [0.717, 1.165) is 31.1 Å².